The molecule has 0 bridgehead atoms. The maximum absolute atomic E-state index is 11.6. The summed E-state index contributed by atoms with van der Waals surface area (Å²) in [5.74, 6) is -0.0601. The number of nitrogens with one attached hydrogen (secondary N) is 1. The fourth-order valence-corrected chi connectivity index (χ4v) is 1.37. The Balaban J connectivity index is 2.44. The van der Waals surface area contributed by atoms with Gasteiger partial charge in [-0.05, 0) is 18.1 Å². The summed E-state index contributed by atoms with van der Waals surface area (Å²) in [5.41, 5.74) is 0.881. The van der Waals surface area contributed by atoms with Gasteiger partial charge in [0.05, 0.1) is 18.9 Å². The lowest BCUT2D eigenvalue weighted by Crippen LogP contribution is -2.35. The third-order valence-corrected chi connectivity index (χ3v) is 2.28. The van der Waals surface area contributed by atoms with Crippen LogP contribution in [0.1, 0.15) is 25.3 Å². The van der Waals surface area contributed by atoms with Crippen molar-refractivity contribution in [3.63, 3.8) is 0 Å². The molecule has 0 aliphatic rings. The summed E-state index contributed by atoms with van der Waals surface area (Å²) < 4.78 is 0. The second-order valence-electron chi connectivity index (χ2n) is 3.57. The zero-order valence-corrected chi connectivity index (χ0v) is 9.31. The lowest BCUT2D eigenvalue weighted by atomic mass is 10.1. The molecule has 1 aromatic heterocycles. The number of hydrogen-bond acceptors (Lipinski definition) is 3. The third kappa shape index (κ3) is 4.09. The van der Waals surface area contributed by atoms with E-state index in [2.05, 4.69) is 16.4 Å². The van der Waals surface area contributed by atoms with E-state index in [1.165, 1.54) is 0 Å². The van der Waals surface area contributed by atoms with E-state index < -0.39 is 0 Å². The van der Waals surface area contributed by atoms with E-state index in [0.717, 1.165) is 12.0 Å². The number of hydrogen-bond donors (Lipinski definition) is 1. The van der Waals surface area contributed by atoms with Crippen molar-refractivity contribution in [2.45, 2.75) is 32.2 Å². The van der Waals surface area contributed by atoms with Crippen molar-refractivity contribution in [2.24, 2.45) is 0 Å². The second-order valence-corrected chi connectivity index (χ2v) is 3.57. The molecule has 0 saturated carbocycles. The van der Waals surface area contributed by atoms with Crippen molar-refractivity contribution in [2.75, 3.05) is 0 Å². The molecule has 1 N–H and O–H groups in total. The molecule has 0 aromatic carbocycles. The quantitative estimate of drug-likeness (QED) is 0.811. The number of nitrogens with zero attached hydrogens (tertiary/aromatic N) is 2. The van der Waals surface area contributed by atoms with Gasteiger partial charge in [0.15, 0.2) is 0 Å². The molecule has 1 heterocycles. The Kier molecular flexibility index (Phi) is 5.00. The topological polar surface area (TPSA) is 65.8 Å². The lowest BCUT2D eigenvalue weighted by Gasteiger charge is -2.13. The van der Waals surface area contributed by atoms with Gasteiger partial charge in [-0.1, -0.05) is 13.0 Å². The first-order valence-electron chi connectivity index (χ1n) is 5.31. The Hall–Kier alpha value is -1.89. The van der Waals surface area contributed by atoms with Crippen LogP contribution in [-0.2, 0) is 11.2 Å². The van der Waals surface area contributed by atoms with Crippen molar-refractivity contribution in [1.82, 2.24) is 10.3 Å². The highest BCUT2D eigenvalue weighted by molar-refractivity contribution is 5.78. The normalized spacial score (nSPS) is 11.5. The van der Waals surface area contributed by atoms with Crippen LogP contribution >= 0.6 is 0 Å². The maximum atomic E-state index is 11.6. The molecule has 0 aliphatic carbocycles. The highest BCUT2D eigenvalue weighted by atomic mass is 16.1. The highest BCUT2D eigenvalue weighted by Crippen LogP contribution is 2.00. The van der Waals surface area contributed by atoms with E-state index in [-0.39, 0.29) is 11.9 Å². The van der Waals surface area contributed by atoms with E-state index in [9.17, 15) is 4.79 Å². The molecule has 16 heavy (non-hydrogen) atoms. The van der Waals surface area contributed by atoms with Gasteiger partial charge in [0.1, 0.15) is 0 Å². The number of rotatable bonds is 5. The summed E-state index contributed by atoms with van der Waals surface area (Å²) in [6.07, 6.45) is 4.79. The average molecular weight is 217 g/mol. The Bertz CT molecular complexity index is 370. The minimum absolute atomic E-state index is 0.0471. The first-order valence-corrected chi connectivity index (χ1v) is 5.31. The van der Waals surface area contributed by atoms with Crippen LogP contribution in [0.4, 0.5) is 0 Å². The van der Waals surface area contributed by atoms with Crippen LogP contribution in [0.15, 0.2) is 24.5 Å². The zero-order valence-electron chi connectivity index (χ0n) is 9.31. The highest BCUT2D eigenvalue weighted by Gasteiger charge is 2.10. The molecule has 1 rings (SSSR count). The Labute approximate surface area is 95.3 Å². The third-order valence-electron chi connectivity index (χ3n) is 2.28. The van der Waals surface area contributed by atoms with E-state index in [1.807, 2.05) is 13.0 Å². The summed E-state index contributed by atoms with van der Waals surface area (Å²) in [6.45, 7) is 1.95. The largest absolute Gasteiger partial charge is 0.352 e. The predicted octanol–water partition coefficient (Wildman–Crippen LogP) is 1.43. The maximum Gasteiger partial charge on any atom is 0.224 e. The van der Waals surface area contributed by atoms with Gasteiger partial charge < -0.3 is 5.32 Å². The van der Waals surface area contributed by atoms with Crippen LogP contribution in [-0.4, -0.2) is 16.9 Å². The van der Waals surface area contributed by atoms with Gasteiger partial charge in [-0.15, -0.1) is 0 Å². The SMILES string of the molecule is CCC(CC#N)NC(=O)Cc1cccnc1. The number of amides is 1. The molecule has 1 atom stereocenters. The van der Waals surface area contributed by atoms with Crippen LogP contribution in [0.5, 0.6) is 0 Å². The van der Waals surface area contributed by atoms with Crippen LogP contribution < -0.4 is 5.32 Å². The van der Waals surface area contributed by atoms with Gasteiger partial charge in [0, 0.05) is 18.4 Å². The predicted molar refractivity (Wildman–Crippen MR) is 60.4 cm³/mol. The Morgan fingerprint density at radius 1 is 1.69 bits per heavy atom. The van der Waals surface area contributed by atoms with Crippen molar-refractivity contribution < 1.29 is 4.79 Å². The van der Waals surface area contributed by atoms with E-state index in [4.69, 9.17) is 5.26 Å². The Morgan fingerprint density at radius 2 is 2.50 bits per heavy atom. The second kappa shape index (κ2) is 6.57. The van der Waals surface area contributed by atoms with Crippen LogP contribution in [0.25, 0.3) is 0 Å². The van der Waals surface area contributed by atoms with Crippen molar-refractivity contribution in [3.8, 4) is 6.07 Å². The zero-order chi connectivity index (χ0) is 11.8. The summed E-state index contributed by atoms with van der Waals surface area (Å²) in [5, 5.41) is 11.4. The molecule has 0 fully saturated rings. The molecule has 0 aliphatic heterocycles. The molecule has 0 spiro atoms. The van der Waals surface area contributed by atoms with Crippen molar-refractivity contribution in [1.29, 1.82) is 5.26 Å². The first kappa shape index (κ1) is 12.2. The summed E-state index contributed by atoms with van der Waals surface area (Å²) >= 11 is 0. The standard InChI is InChI=1S/C12H15N3O/c1-2-11(5-6-13)15-12(16)8-10-4-3-7-14-9-10/h3-4,7,9,11H,2,5,8H2,1H3,(H,15,16). The first-order chi connectivity index (χ1) is 7.76. The lowest BCUT2D eigenvalue weighted by molar-refractivity contribution is -0.121. The molecule has 0 radical (unpaired) electrons. The minimum atomic E-state index is -0.0601. The number of nitriles is 1. The minimum Gasteiger partial charge on any atom is -0.352 e. The number of pyridine rings is 1. The van der Waals surface area contributed by atoms with E-state index in [1.54, 1.807) is 18.5 Å². The van der Waals surface area contributed by atoms with Gasteiger partial charge >= 0.3 is 0 Å². The molecule has 4 nitrogen and oxygen atoms in total. The molecule has 84 valence electrons. The van der Waals surface area contributed by atoms with Crippen LogP contribution in [0.3, 0.4) is 0 Å². The fourth-order valence-electron chi connectivity index (χ4n) is 1.37. The van der Waals surface area contributed by atoms with E-state index in [0.29, 0.717) is 12.8 Å². The smallest absolute Gasteiger partial charge is 0.224 e. The summed E-state index contributed by atoms with van der Waals surface area (Å²) in [6, 6.07) is 5.67. The van der Waals surface area contributed by atoms with E-state index >= 15 is 0 Å². The number of carbonyl (C=O) groups excluding carboxylic acids is 1. The average Bonchev–Trinajstić information content (AvgIpc) is 2.29. The summed E-state index contributed by atoms with van der Waals surface area (Å²) in [4.78, 5) is 15.5. The molecule has 1 amide bonds. The van der Waals surface area contributed by atoms with Gasteiger partial charge in [0.2, 0.25) is 5.91 Å². The molecule has 1 aromatic rings. The van der Waals surface area contributed by atoms with Crippen molar-refractivity contribution in [3.05, 3.63) is 30.1 Å². The molecular formula is C12H15N3O. The number of aromatic nitrogens is 1. The van der Waals surface area contributed by atoms with Crippen LogP contribution in [0, 0.1) is 11.3 Å². The van der Waals surface area contributed by atoms with Gasteiger partial charge in [0.25, 0.3) is 0 Å². The molecule has 1 unspecified atom stereocenters. The molecule has 0 saturated heterocycles. The molecule has 4 heteroatoms. The molecular weight excluding hydrogens is 202 g/mol. The monoisotopic (exact) mass is 217 g/mol. The number of carbonyl (C=O) groups is 1. The Morgan fingerprint density at radius 3 is 3.06 bits per heavy atom. The fraction of sp³-hybridized carbons (Fsp3) is 0.417. The summed E-state index contributed by atoms with van der Waals surface area (Å²) in [7, 11) is 0. The van der Waals surface area contributed by atoms with Gasteiger partial charge in [-0.25, -0.2) is 0 Å². The van der Waals surface area contributed by atoms with Gasteiger partial charge in [-0.2, -0.15) is 5.26 Å². The van der Waals surface area contributed by atoms with Gasteiger partial charge in [-0.3, -0.25) is 9.78 Å². The van der Waals surface area contributed by atoms with Crippen LogP contribution in [0.2, 0.25) is 0 Å². The van der Waals surface area contributed by atoms with Crippen molar-refractivity contribution >= 4 is 5.91 Å².